The Morgan fingerprint density at radius 3 is 2.59 bits per heavy atom. The Kier molecular flexibility index (Phi) is 4.56. The van der Waals surface area contributed by atoms with Crippen molar-refractivity contribution in [2.75, 3.05) is 10.8 Å². The standard InChI is InChI=1S/C20H19N5O2S2/c26-29(27,17-9-7-15(8-10-17)20-21-23-24-22-20)25(12-11-14-5-6-14)19-13-16-3-1-2-4-18(16)28-19/h1-4,7-10,13-14H,5-6,11-12H2,(H,21,22,23,24). The molecule has 9 heteroatoms. The van der Waals surface area contributed by atoms with Crippen LogP contribution in [0.15, 0.2) is 59.5 Å². The monoisotopic (exact) mass is 425 g/mol. The number of tetrazole rings is 1. The molecule has 1 aliphatic rings. The molecule has 2 heterocycles. The van der Waals surface area contributed by atoms with Crippen molar-refractivity contribution in [3.8, 4) is 11.4 Å². The smallest absolute Gasteiger partial charge is 0.257 e. The highest BCUT2D eigenvalue weighted by Crippen LogP contribution is 2.38. The topological polar surface area (TPSA) is 91.8 Å². The van der Waals surface area contributed by atoms with E-state index in [1.54, 1.807) is 28.6 Å². The van der Waals surface area contributed by atoms with Gasteiger partial charge in [0.15, 0.2) is 5.82 Å². The van der Waals surface area contributed by atoms with Gasteiger partial charge in [0.05, 0.1) is 4.90 Å². The third-order valence-electron chi connectivity index (χ3n) is 5.16. The Labute approximate surface area is 172 Å². The minimum atomic E-state index is -3.67. The number of aromatic amines is 1. The van der Waals surface area contributed by atoms with Gasteiger partial charge in [0.25, 0.3) is 10.0 Å². The summed E-state index contributed by atoms with van der Waals surface area (Å²) in [6, 6.07) is 16.6. The number of thiophene rings is 1. The molecule has 29 heavy (non-hydrogen) atoms. The summed E-state index contributed by atoms with van der Waals surface area (Å²) in [6.45, 7) is 0.494. The van der Waals surface area contributed by atoms with Gasteiger partial charge in [-0.15, -0.1) is 16.4 Å². The van der Waals surface area contributed by atoms with E-state index in [2.05, 4.69) is 20.6 Å². The molecule has 7 nitrogen and oxygen atoms in total. The molecular weight excluding hydrogens is 406 g/mol. The van der Waals surface area contributed by atoms with Gasteiger partial charge >= 0.3 is 0 Å². The molecule has 2 aromatic carbocycles. The van der Waals surface area contributed by atoms with Crippen LogP contribution in [0, 0.1) is 5.92 Å². The van der Waals surface area contributed by atoms with E-state index >= 15 is 0 Å². The lowest BCUT2D eigenvalue weighted by Crippen LogP contribution is -2.31. The van der Waals surface area contributed by atoms with Gasteiger partial charge in [0.2, 0.25) is 0 Å². The first-order valence-corrected chi connectivity index (χ1v) is 11.7. The minimum absolute atomic E-state index is 0.266. The molecule has 0 bridgehead atoms. The van der Waals surface area contributed by atoms with Gasteiger partial charge in [-0.1, -0.05) is 31.0 Å². The molecule has 2 aromatic heterocycles. The van der Waals surface area contributed by atoms with Crippen molar-refractivity contribution in [2.24, 2.45) is 5.92 Å². The number of anilines is 1. The summed E-state index contributed by atoms with van der Waals surface area (Å²) in [7, 11) is -3.67. The summed E-state index contributed by atoms with van der Waals surface area (Å²) in [4.78, 5) is 0.266. The molecule has 1 fully saturated rings. The fraction of sp³-hybridized carbons (Fsp3) is 0.250. The second-order valence-corrected chi connectivity index (χ2v) is 10.1. The lowest BCUT2D eigenvalue weighted by Gasteiger charge is -2.23. The Hall–Kier alpha value is -2.78. The summed E-state index contributed by atoms with van der Waals surface area (Å²) in [5, 5.41) is 15.5. The van der Waals surface area contributed by atoms with E-state index in [0.717, 1.165) is 27.1 Å². The van der Waals surface area contributed by atoms with E-state index in [4.69, 9.17) is 0 Å². The third-order valence-corrected chi connectivity index (χ3v) is 8.24. The van der Waals surface area contributed by atoms with Gasteiger partial charge in [0, 0.05) is 16.8 Å². The van der Waals surface area contributed by atoms with Crippen LogP contribution >= 0.6 is 11.3 Å². The highest BCUT2D eigenvalue weighted by atomic mass is 32.2. The van der Waals surface area contributed by atoms with Crippen molar-refractivity contribution in [2.45, 2.75) is 24.2 Å². The van der Waals surface area contributed by atoms with Crippen molar-refractivity contribution in [1.82, 2.24) is 20.6 Å². The van der Waals surface area contributed by atoms with E-state index in [1.165, 1.54) is 24.2 Å². The molecule has 4 aromatic rings. The molecule has 0 amide bonds. The maximum Gasteiger partial charge on any atom is 0.264 e. The van der Waals surface area contributed by atoms with Crippen LogP contribution in [0.2, 0.25) is 0 Å². The molecule has 0 aliphatic heterocycles. The van der Waals surface area contributed by atoms with Crippen LogP contribution in [-0.4, -0.2) is 35.6 Å². The van der Waals surface area contributed by atoms with Crippen LogP contribution in [0.3, 0.4) is 0 Å². The largest absolute Gasteiger partial charge is 0.264 e. The Bertz CT molecular complexity index is 1200. The maximum absolute atomic E-state index is 13.5. The zero-order valence-corrected chi connectivity index (χ0v) is 17.2. The molecule has 0 spiro atoms. The van der Waals surface area contributed by atoms with Gasteiger partial charge in [-0.3, -0.25) is 4.31 Å². The molecule has 1 saturated carbocycles. The van der Waals surface area contributed by atoms with Crippen LogP contribution < -0.4 is 4.31 Å². The molecule has 148 valence electrons. The maximum atomic E-state index is 13.5. The number of aromatic nitrogens is 4. The normalized spacial score (nSPS) is 14.3. The van der Waals surface area contributed by atoms with Crippen molar-refractivity contribution in [3.63, 3.8) is 0 Å². The first kappa shape index (κ1) is 18.3. The van der Waals surface area contributed by atoms with Crippen LogP contribution in [0.1, 0.15) is 19.3 Å². The Morgan fingerprint density at radius 1 is 1.10 bits per heavy atom. The fourth-order valence-corrected chi connectivity index (χ4v) is 6.11. The zero-order valence-electron chi connectivity index (χ0n) is 15.5. The summed E-state index contributed by atoms with van der Waals surface area (Å²) in [5.41, 5.74) is 0.736. The van der Waals surface area contributed by atoms with Crippen LogP contribution in [0.25, 0.3) is 21.5 Å². The van der Waals surface area contributed by atoms with E-state index in [1.807, 2.05) is 30.3 Å². The van der Waals surface area contributed by atoms with E-state index < -0.39 is 10.0 Å². The van der Waals surface area contributed by atoms with E-state index in [-0.39, 0.29) is 4.90 Å². The quantitative estimate of drug-likeness (QED) is 0.482. The molecule has 1 aliphatic carbocycles. The third kappa shape index (κ3) is 3.63. The summed E-state index contributed by atoms with van der Waals surface area (Å²) in [6.07, 6.45) is 3.27. The van der Waals surface area contributed by atoms with Gasteiger partial charge in [-0.25, -0.2) is 13.5 Å². The average Bonchev–Trinajstić information content (AvgIpc) is 3.22. The number of nitrogens with zero attached hydrogens (tertiary/aromatic N) is 4. The lowest BCUT2D eigenvalue weighted by molar-refractivity contribution is 0.587. The van der Waals surface area contributed by atoms with Crippen LogP contribution in [0.4, 0.5) is 5.00 Å². The number of H-pyrrole nitrogens is 1. The second-order valence-electron chi connectivity index (χ2n) is 7.21. The fourth-order valence-electron chi connectivity index (χ4n) is 3.34. The van der Waals surface area contributed by atoms with Gasteiger partial charge in [-0.2, -0.15) is 0 Å². The van der Waals surface area contributed by atoms with Crippen molar-refractivity contribution in [1.29, 1.82) is 0 Å². The van der Waals surface area contributed by atoms with Crippen molar-refractivity contribution >= 4 is 36.4 Å². The lowest BCUT2D eigenvalue weighted by atomic mass is 10.2. The molecule has 0 unspecified atom stereocenters. The number of nitrogens with one attached hydrogen (secondary N) is 1. The van der Waals surface area contributed by atoms with Gasteiger partial charge < -0.3 is 0 Å². The molecular formula is C20H19N5O2S2. The molecule has 0 saturated heterocycles. The van der Waals surface area contributed by atoms with Gasteiger partial charge in [-0.05, 0) is 64.5 Å². The number of hydrogen-bond acceptors (Lipinski definition) is 6. The number of hydrogen-bond donors (Lipinski definition) is 1. The van der Waals surface area contributed by atoms with Gasteiger partial charge in [0.1, 0.15) is 5.00 Å². The SMILES string of the molecule is O=S(=O)(c1ccc(-c2nnn[nH]2)cc1)N(CCC1CC1)c1cc2ccccc2s1. The minimum Gasteiger partial charge on any atom is -0.257 e. The predicted octanol–water partition coefficient (Wildman–Crippen LogP) is 4.08. The number of fused-ring (bicyclic) bond motifs is 1. The Morgan fingerprint density at radius 2 is 1.90 bits per heavy atom. The summed E-state index contributed by atoms with van der Waals surface area (Å²) >= 11 is 1.52. The number of rotatable bonds is 7. The number of benzene rings is 2. The zero-order chi connectivity index (χ0) is 19.8. The summed E-state index contributed by atoms with van der Waals surface area (Å²) in [5.74, 6) is 1.15. The average molecular weight is 426 g/mol. The first-order valence-electron chi connectivity index (χ1n) is 9.47. The molecule has 1 N–H and O–H groups in total. The van der Waals surface area contributed by atoms with E-state index in [0.29, 0.717) is 18.3 Å². The second kappa shape index (κ2) is 7.23. The highest BCUT2D eigenvalue weighted by molar-refractivity contribution is 7.93. The van der Waals surface area contributed by atoms with Crippen molar-refractivity contribution in [3.05, 3.63) is 54.6 Å². The van der Waals surface area contributed by atoms with Crippen LogP contribution in [0.5, 0.6) is 0 Å². The predicted molar refractivity (Wildman–Crippen MR) is 113 cm³/mol. The molecule has 5 rings (SSSR count). The van der Waals surface area contributed by atoms with E-state index in [9.17, 15) is 8.42 Å². The Balaban J connectivity index is 1.51. The van der Waals surface area contributed by atoms with Crippen LogP contribution in [-0.2, 0) is 10.0 Å². The highest BCUT2D eigenvalue weighted by Gasteiger charge is 2.29. The first-order chi connectivity index (χ1) is 14.1. The molecule has 0 radical (unpaired) electrons. The summed E-state index contributed by atoms with van der Waals surface area (Å²) < 4.78 is 29.7. The van der Waals surface area contributed by atoms with Crippen molar-refractivity contribution < 1.29 is 8.42 Å². The number of sulfonamides is 1. The molecule has 0 atom stereocenters.